The molecular weight excluding hydrogens is 315 g/mol. The third-order valence-corrected chi connectivity index (χ3v) is 4.06. The van der Waals surface area contributed by atoms with E-state index in [-0.39, 0.29) is 0 Å². The van der Waals surface area contributed by atoms with Gasteiger partial charge in [0.05, 0.1) is 0 Å². The molecule has 0 fully saturated rings. The molecule has 4 heteroatoms. The Morgan fingerprint density at radius 3 is 2.81 bits per heavy atom. The zero-order chi connectivity index (χ0) is 11.1. The van der Waals surface area contributed by atoms with Gasteiger partial charge in [-0.3, -0.25) is 0 Å². The van der Waals surface area contributed by atoms with Crippen molar-refractivity contribution in [3.63, 3.8) is 0 Å². The van der Waals surface area contributed by atoms with E-state index in [1.54, 1.807) is 0 Å². The molecule has 3 nitrogen and oxygen atoms in total. The van der Waals surface area contributed by atoms with Gasteiger partial charge < -0.3 is 10.3 Å². The van der Waals surface area contributed by atoms with Gasteiger partial charge in [0, 0.05) is 5.56 Å². The van der Waals surface area contributed by atoms with E-state index in [1.807, 2.05) is 0 Å². The summed E-state index contributed by atoms with van der Waals surface area (Å²) in [6.45, 7) is 0. The molecular formula is C12H11IN2O. The summed E-state index contributed by atoms with van der Waals surface area (Å²) in [4.78, 5) is 0. The van der Waals surface area contributed by atoms with Crippen LogP contribution < -0.4 is 5.73 Å². The molecule has 0 bridgehead atoms. The van der Waals surface area contributed by atoms with Gasteiger partial charge in [-0.25, -0.2) is 0 Å². The largest absolute Gasteiger partial charge is 0.380 e. The minimum atomic E-state index is 0.469. The molecule has 1 aliphatic rings. The van der Waals surface area contributed by atoms with Crippen molar-refractivity contribution in [2.45, 2.75) is 19.3 Å². The first-order chi connectivity index (χ1) is 7.75. The van der Waals surface area contributed by atoms with E-state index in [1.165, 1.54) is 30.4 Å². The van der Waals surface area contributed by atoms with Crippen molar-refractivity contribution in [2.75, 3.05) is 5.73 Å². The van der Waals surface area contributed by atoms with Crippen molar-refractivity contribution in [2.24, 2.45) is 0 Å². The van der Waals surface area contributed by atoms with E-state index < -0.39 is 0 Å². The van der Waals surface area contributed by atoms with Gasteiger partial charge in [-0.15, -0.1) is 0 Å². The first-order valence-electron chi connectivity index (χ1n) is 5.28. The molecule has 0 unspecified atom stereocenters. The smallest absolute Gasteiger partial charge is 0.182 e. The van der Waals surface area contributed by atoms with Crippen molar-refractivity contribution in [3.8, 4) is 11.3 Å². The van der Waals surface area contributed by atoms with Gasteiger partial charge in [0.1, 0.15) is 3.57 Å². The maximum atomic E-state index is 5.68. The molecule has 0 atom stereocenters. The fourth-order valence-electron chi connectivity index (χ4n) is 2.18. The first kappa shape index (κ1) is 10.1. The van der Waals surface area contributed by atoms with E-state index in [4.69, 9.17) is 10.3 Å². The SMILES string of the molecule is Nc1noc(-c2ccc3c(c2)CCC3)c1I. The number of rotatable bonds is 1. The molecule has 0 saturated carbocycles. The lowest BCUT2D eigenvalue weighted by Gasteiger charge is -2.01. The fraction of sp³-hybridized carbons (Fsp3) is 0.250. The van der Waals surface area contributed by atoms with Crippen molar-refractivity contribution < 1.29 is 4.52 Å². The second-order valence-corrected chi connectivity index (χ2v) is 5.13. The molecule has 0 radical (unpaired) electrons. The molecule has 2 aromatic rings. The van der Waals surface area contributed by atoms with Crippen LogP contribution in [0.15, 0.2) is 22.7 Å². The summed E-state index contributed by atoms with van der Waals surface area (Å²) in [5, 5.41) is 3.78. The van der Waals surface area contributed by atoms with E-state index in [0.29, 0.717) is 5.82 Å². The Labute approximate surface area is 107 Å². The van der Waals surface area contributed by atoms with Crippen LogP contribution in [0.1, 0.15) is 17.5 Å². The van der Waals surface area contributed by atoms with E-state index >= 15 is 0 Å². The molecule has 82 valence electrons. The summed E-state index contributed by atoms with van der Waals surface area (Å²) in [5.41, 5.74) is 9.65. The minimum absolute atomic E-state index is 0.469. The molecule has 16 heavy (non-hydrogen) atoms. The number of anilines is 1. The van der Waals surface area contributed by atoms with Crippen LogP contribution in [0.25, 0.3) is 11.3 Å². The highest BCUT2D eigenvalue weighted by Crippen LogP contribution is 2.32. The number of halogens is 1. The molecule has 1 aliphatic carbocycles. The second kappa shape index (κ2) is 3.76. The summed E-state index contributed by atoms with van der Waals surface area (Å²) in [7, 11) is 0. The third-order valence-electron chi connectivity index (χ3n) is 3.02. The molecule has 2 N–H and O–H groups in total. The summed E-state index contributed by atoms with van der Waals surface area (Å²) >= 11 is 2.17. The maximum absolute atomic E-state index is 5.68. The summed E-state index contributed by atoms with van der Waals surface area (Å²) in [6.07, 6.45) is 3.63. The fourth-order valence-corrected chi connectivity index (χ4v) is 2.69. The predicted octanol–water partition coefficient (Wildman–Crippen LogP) is 3.02. The van der Waals surface area contributed by atoms with Crippen molar-refractivity contribution in [1.29, 1.82) is 0 Å². The highest BCUT2D eigenvalue weighted by Gasteiger charge is 2.16. The summed E-state index contributed by atoms with van der Waals surface area (Å²) < 4.78 is 6.16. The van der Waals surface area contributed by atoms with E-state index in [2.05, 4.69) is 45.9 Å². The number of aryl methyl sites for hydroxylation is 2. The van der Waals surface area contributed by atoms with Crippen LogP contribution in [0.5, 0.6) is 0 Å². The van der Waals surface area contributed by atoms with Crippen LogP contribution in [0.3, 0.4) is 0 Å². The average molecular weight is 326 g/mol. The van der Waals surface area contributed by atoms with Crippen molar-refractivity contribution in [1.82, 2.24) is 5.16 Å². The van der Waals surface area contributed by atoms with Crippen LogP contribution in [0.4, 0.5) is 5.82 Å². The molecule has 3 rings (SSSR count). The molecule has 1 aromatic carbocycles. The van der Waals surface area contributed by atoms with Crippen LogP contribution in [0, 0.1) is 3.57 Å². The monoisotopic (exact) mass is 326 g/mol. The topological polar surface area (TPSA) is 52.0 Å². The number of fused-ring (bicyclic) bond motifs is 1. The Morgan fingerprint density at radius 1 is 1.25 bits per heavy atom. The molecule has 0 aliphatic heterocycles. The third kappa shape index (κ3) is 1.52. The quantitative estimate of drug-likeness (QED) is 0.820. The zero-order valence-electron chi connectivity index (χ0n) is 8.66. The molecule has 0 saturated heterocycles. The minimum Gasteiger partial charge on any atom is -0.380 e. The zero-order valence-corrected chi connectivity index (χ0v) is 10.8. The Hall–Kier alpha value is -1.04. The molecule has 0 amide bonds. The van der Waals surface area contributed by atoms with Crippen molar-refractivity contribution in [3.05, 3.63) is 32.9 Å². The number of hydrogen-bond donors (Lipinski definition) is 1. The lowest BCUT2D eigenvalue weighted by molar-refractivity contribution is 0.435. The number of benzene rings is 1. The van der Waals surface area contributed by atoms with E-state index in [0.717, 1.165) is 14.9 Å². The highest BCUT2D eigenvalue weighted by atomic mass is 127. The molecule has 0 spiro atoms. The number of aromatic nitrogens is 1. The van der Waals surface area contributed by atoms with Gasteiger partial charge in [0.25, 0.3) is 0 Å². The van der Waals surface area contributed by atoms with Gasteiger partial charge in [-0.1, -0.05) is 17.3 Å². The molecule has 1 heterocycles. The number of nitrogens with two attached hydrogens (primary N) is 1. The van der Waals surface area contributed by atoms with Crippen LogP contribution >= 0.6 is 22.6 Å². The normalized spacial score (nSPS) is 14.1. The van der Waals surface area contributed by atoms with Crippen molar-refractivity contribution >= 4 is 28.4 Å². The maximum Gasteiger partial charge on any atom is 0.182 e. The molecule has 1 aromatic heterocycles. The highest BCUT2D eigenvalue weighted by molar-refractivity contribution is 14.1. The Kier molecular flexibility index (Phi) is 2.38. The Bertz CT molecular complexity index is 548. The summed E-state index contributed by atoms with van der Waals surface area (Å²) in [6, 6.07) is 6.48. The lowest BCUT2D eigenvalue weighted by Crippen LogP contribution is -1.87. The number of nitrogen functional groups attached to an aromatic ring is 1. The average Bonchev–Trinajstić information content (AvgIpc) is 2.86. The number of hydrogen-bond acceptors (Lipinski definition) is 3. The standard InChI is InChI=1S/C12H11IN2O/c13-10-11(16-15-12(10)14)9-5-4-7-2-1-3-8(7)6-9/h4-6H,1-3H2,(H2,14,15). The summed E-state index contributed by atoms with van der Waals surface area (Å²) in [5.74, 6) is 1.25. The lowest BCUT2D eigenvalue weighted by atomic mass is 10.1. The van der Waals surface area contributed by atoms with Crippen LogP contribution in [-0.2, 0) is 12.8 Å². The van der Waals surface area contributed by atoms with Crippen LogP contribution in [0.2, 0.25) is 0 Å². The second-order valence-electron chi connectivity index (χ2n) is 4.05. The van der Waals surface area contributed by atoms with Gasteiger partial charge in [0.2, 0.25) is 0 Å². The predicted molar refractivity (Wildman–Crippen MR) is 71.1 cm³/mol. The Morgan fingerprint density at radius 2 is 2.06 bits per heavy atom. The van der Waals surface area contributed by atoms with Crippen LogP contribution in [-0.4, -0.2) is 5.16 Å². The first-order valence-corrected chi connectivity index (χ1v) is 6.36. The Balaban J connectivity index is 2.10. The van der Waals surface area contributed by atoms with Gasteiger partial charge in [0.15, 0.2) is 11.6 Å². The van der Waals surface area contributed by atoms with Gasteiger partial charge >= 0.3 is 0 Å². The van der Waals surface area contributed by atoms with Gasteiger partial charge in [-0.2, -0.15) is 0 Å². The number of nitrogens with zero attached hydrogens (tertiary/aromatic N) is 1. The van der Waals surface area contributed by atoms with E-state index in [9.17, 15) is 0 Å². The van der Waals surface area contributed by atoms with Gasteiger partial charge in [-0.05, 0) is 59.0 Å².